The highest BCUT2D eigenvalue weighted by Crippen LogP contribution is 2.30. The van der Waals surface area contributed by atoms with Crippen molar-refractivity contribution in [2.24, 2.45) is 0 Å². The van der Waals surface area contributed by atoms with E-state index < -0.39 is 0 Å². The van der Waals surface area contributed by atoms with Gasteiger partial charge >= 0.3 is 0 Å². The van der Waals surface area contributed by atoms with E-state index >= 15 is 0 Å². The Bertz CT molecular complexity index is 1130. The van der Waals surface area contributed by atoms with Crippen LogP contribution in [-0.2, 0) is 11.3 Å². The first-order chi connectivity index (χ1) is 14.2. The molecular formula is C22H19N3O2S2. The van der Waals surface area contributed by atoms with Crippen LogP contribution >= 0.6 is 23.1 Å². The van der Waals surface area contributed by atoms with Gasteiger partial charge in [-0.15, -0.1) is 11.3 Å². The molecule has 7 heteroatoms. The van der Waals surface area contributed by atoms with Crippen molar-refractivity contribution in [3.05, 3.63) is 71.6 Å². The molecule has 2 heterocycles. The van der Waals surface area contributed by atoms with E-state index in [0.29, 0.717) is 12.4 Å². The van der Waals surface area contributed by atoms with Gasteiger partial charge in [-0.05, 0) is 23.6 Å². The first kappa shape index (κ1) is 19.4. The molecule has 1 N–H and O–H groups in total. The molecule has 0 aliphatic carbocycles. The van der Waals surface area contributed by atoms with E-state index in [0.717, 1.165) is 32.1 Å². The number of nitrogens with one attached hydrogen (secondary N) is 1. The van der Waals surface area contributed by atoms with Crippen LogP contribution in [0, 0.1) is 0 Å². The number of benzene rings is 2. The van der Waals surface area contributed by atoms with Gasteiger partial charge < -0.3 is 10.1 Å². The monoisotopic (exact) mass is 421 g/mol. The third-order valence-electron chi connectivity index (χ3n) is 4.32. The molecule has 0 unspecified atom stereocenters. The fourth-order valence-electron chi connectivity index (χ4n) is 2.90. The Hall–Kier alpha value is -2.90. The quantitative estimate of drug-likeness (QED) is 0.344. The van der Waals surface area contributed by atoms with Crippen molar-refractivity contribution < 1.29 is 9.53 Å². The van der Waals surface area contributed by atoms with E-state index in [1.807, 2.05) is 66.0 Å². The van der Waals surface area contributed by atoms with Gasteiger partial charge in [0.1, 0.15) is 10.8 Å². The van der Waals surface area contributed by atoms with Crippen molar-refractivity contribution in [2.75, 3.05) is 12.9 Å². The number of thiophene rings is 1. The van der Waals surface area contributed by atoms with E-state index in [2.05, 4.69) is 10.3 Å². The topological polar surface area (TPSA) is 64.1 Å². The summed E-state index contributed by atoms with van der Waals surface area (Å²) >= 11 is 3.03. The number of carbonyl (C=O) groups excluding carboxylic acids is 1. The second kappa shape index (κ2) is 9.07. The maximum Gasteiger partial charge on any atom is 0.230 e. The highest BCUT2D eigenvalue weighted by Gasteiger charge is 2.12. The minimum Gasteiger partial charge on any atom is -0.496 e. The van der Waals surface area contributed by atoms with Crippen molar-refractivity contribution in [1.29, 1.82) is 0 Å². The van der Waals surface area contributed by atoms with Crippen molar-refractivity contribution >= 4 is 39.9 Å². The Morgan fingerprint density at radius 2 is 1.90 bits per heavy atom. The lowest BCUT2D eigenvalue weighted by atomic mass is 10.2. The summed E-state index contributed by atoms with van der Waals surface area (Å²) in [5.41, 5.74) is 1.82. The van der Waals surface area contributed by atoms with Crippen molar-refractivity contribution in [1.82, 2.24) is 15.3 Å². The SMILES string of the molecule is COc1ccccc1CNC(=O)CSc1nc(-c2cccs2)nc2ccccc12. The molecule has 2 aromatic carbocycles. The van der Waals surface area contributed by atoms with E-state index in [-0.39, 0.29) is 11.7 Å². The van der Waals surface area contributed by atoms with Crippen LogP contribution in [0.25, 0.3) is 21.6 Å². The Labute approximate surface area is 177 Å². The first-order valence-corrected chi connectivity index (χ1v) is 10.9. The zero-order valence-electron chi connectivity index (χ0n) is 15.8. The van der Waals surface area contributed by atoms with E-state index in [9.17, 15) is 4.79 Å². The van der Waals surface area contributed by atoms with Crippen LogP contribution in [0.1, 0.15) is 5.56 Å². The van der Waals surface area contributed by atoms with Crippen LogP contribution in [0.5, 0.6) is 5.75 Å². The first-order valence-electron chi connectivity index (χ1n) is 9.06. The predicted molar refractivity (Wildman–Crippen MR) is 118 cm³/mol. The summed E-state index contributed by atoms with van der Waals surface area (Å²) in [7, 11) is 1.63. The molecule has 5 nitrogen and oxygen atoms in total. The number of para-hydroxylation sites is 2. The fourth-order valence-corrected chi connectivity index (χ4v) is 4.41. The molecule has 0 aliphatic heterocycles. The van der Waals surface area contributed by atoms with Crippen molar-refractivity contribution in [3.8, 4) is 16.5 Å². The maximum atomic E-state index is 12.4. The largest absolute Gasteiger partial charge is 0.496 e. The normalized spacial score (nSPS) is 10.8. The summed E-state index contributed by atoms with van der Waals surface area (Å²) in [5.74, 6) is 1.68. The van der Waals surface area contributed by atoms with Crippen molar-refractivity contribution in [3.63, 3.8) is 0 Å². The number of methoxy groups -OCH3 is 1. The summed E-state index contributed by atoms with van der Waals surface area (Å²) < 4.78 is 5.33. The van der Waals surface area contributed by atoms with E-state index in [1.54, 1.807) is 18.4 Å². The number of amides is 1. The van der Waals surface area contributed by atoms with Gasteiger partial charge in [0, 0.05) is 17.5 Å². The molecule has 0 atom stereocenters. The molecule has 0 bridgehead atoms. The van der Waals surface area contributed by atoms with E-state index in [4.69, 9.17) is 9.72 Å². The number of aromatic nitrogens is 2. The van der Waals surface area contributed by atoms with Crippen LogP contribution in [0.3, 0.4) is 0 Å². The molecule has 1 amide bonds. The van der Waals surface area contributed by atoms with Gasteiger partial charge in [-0.3, -0.25) is 4.79 Å². The molecule has 0 radical (unpaired) electrons. The summed E-state index contributed by atoms with van der Waals surface area (Å²) in [6.07, 6.45) is 0. The Balaban J connectivity index is 1.48. The van der Waals surface area contributed by atoms with Gasteiger partial charge in [0.15, 0.2) is 5.82 Å². The molecular weight excluding hydrogens is 402 g/mol. The average molecular weight is 422 g/mol. The molecule has 0 saturated carbocycles. The third-order valence-corrected chi connectivity index (χ3v) is 6.18. The van der Waals surface area contributed by atoms with Crippen LogP contribution in [-0.4, -0.2) is 28.7 Å². The second-order valence-electron chi connectivity index (χ2n) is 6.22. The number of nitrogens with zero attached hydrogens (tertiary/aromatic N) is 2. The van der Waals surface area contributed by atoms with Gasteiger partial charge in [0.25, 0.3) is 0 Å². The molecule has 0 spiro atoms. The number of fused-ring (bicyclic) bond motifs is 1. The molecule has 4 rings (SSSR count). The fraction of sp³-hybridized carbons (Fsp3) is 0.136. The van der Waals surface area contributed by atoms with Gasteiger partial charge in [-0.1, -0.05) is 54.2 Å². The smallest absolute Gasteiger partial charge is 0.230 e. The summed E-state index contributed by atoms with van der Waals surface area (Å²) in [6, 6.07) is 19.5. The lowest BCUT2D eigenvalue weighted by Crippen LogP contribution is -2.24. The number of carbonyl (C=O) groups is 1. The van der Waals surface area contributed by atoms with Gasteiger partial charge in [0.05, 0.1) is 23.3 Å². The Morgan fingerprint density at radius 1 is 1.07 bits per heavy atom. The molecule has 29 heavy (non-hydrogen) atoms. The summed E-state index contributed by atoms with van der Waals surface area (Å²) in [4.78, 5) is 22.8. The molecule has 4 aromatic rings. The number of ether oxygens (including phenoxy) is 1. The minimum absolute atomic E-state index is 0.0544. The average Bonchev–Trinajstić information content (AvgIpc) is 3.31. The zero-order valence-corrected chi connectivity index (χ0v) is 17.4. The summed E-state index contributed by atoms with van der Waals surface area (Å²) in [6.45, 7) is 0.425. The standard InChI is InChI=1S/C22H19N3O2S2/c1-27-18-10-5-2-7-15(18)13-23-20(26)14-29-22-16-8-3-4-9-17(16)24-21(25-22)19-11-6-12-28-19/h2-12H,13-14H2,1H3,(H,23,26). The summed E-state index contributed by atoms with van der Waals surface area (Å²) in [5, 5.41) is 6.72. The number of rotatable bonds is 7. The van der Waals surface area contributed by atoms with Gasteiger partial charge in [-0.25, -0.2) is 9.97 Å². The molecule has 2 aromatic heterocycles. The number of thioether (sulfide) groups is 1. The van der Waals surface area contributed by atoms with Crippen LogP contribution in [0.2, 0.25) is 0 Å². The van der Waals surface area contributed by atoms with Gasteiger partial charge in [-0.2, -0.15) is 0 Å². The lowest BCUT2D eigenvalue weighted by Gasteiger charge is -2.10. The maximum absolute atomic E-state index is 12.4. The minimum atomic E-state index is -0.0544. The second-order valence-corrected chi connectivity index (χ2v) is 8.14. The zero-order chi connectivity index (χ0) is 20.1. The highest BCUT2D eigenvalue weighted by molar-refractivity contribution is 8.00. The molecule has 0 saturated heterocycles. The Kier molecular flexibility index (Phi) is 6.07. The third kappa shape index (κ3) is 4.58. The molecule has 146 valence electrons. The van der Waals surface area contributed by atoms with Crippen LogP contribution in [0.15, 0.2) is 71.1 Å². The molecule has 0 aliphatic rings. The van der Waals surface area contributed by atoms with Crippen LogP contribution in [0.4, 0.5) is 0 Å². The predicted octanol–water partition coefficient (Wildman–Crippen LogP) is 4.78. The van der Waals surface area contributed by atoms with E-state index in [1.165, 1.54) is 11.8 Å². The number of hydrogen-bond acceptors (Lipinski definition) is 6. The Morgan fingerprint density at radius 3 is 2.72 bits per heavy atom. The van der Waals surface area contributed by atoms with Crippen LogP contribution < -0.4 is 10.1 Å². The molecule has 0 fully saturated rings. The van der Waals surface area contributed by atoms with Crippen molar-refractivity contribution in [2.45, 2.75) is 11.6 Å². The van der Waals surface area contributed by atoms with Gasteiger partial charge in [0.2, 0.25) is 5.91 Å². The number of hydrogen-bond donors (Lipinski definition) is 1. The highest BCUT2D eigenvalue weighted by atomic mass is 32.2. The lowest BCUT2D eigenvalue weighted by molar-refractivity contribution is -0.118.